The van der Waals surface area contributed by atoms with E-state index >= 15 is 0 Å². The van der Waals surface area contributed by atoms with E-state index in [1.807, 2.05) is 4.68 Å². The van der Waals surface area contributed by atoms with Gasteiger partial charge in [-0.3, -0.25) is 4.68 Å². The summed E-state index contributed by atoms with van der Waals surface area (Å²) in [6, 6.07) is 0. The zero-order chi connectivity index (χ0) is 13.4. The van der Waals surface area contributed by atoms with Gasteiger partial charge in [-0.1, -0.05) is 13.8 Å². The molecule has 1 aromatic heterocycles. The second-order valence-corrected chi connectivity index (χ2v) is 4.24. The monoisotopic (exact) mass is 256 g/mol. The smallest absolute Gasteiger partial charge is 0.162 e. The van der Waals surface area contributed by atoms with Crippen molar-refractivity contribution < 1.29 is 14.6 Å². The predicted octanol–water partition coefficient (Wildman–Crippen LogP) is 2.15. The van der Waals surface area contributed by atoms with Crippen LogP contribution in [0.1, 0.15) is 44.9 Å². The van der Waals surface area contributed by atoms with E-state index < -0.39 is 6.10 Å². The SMILES string of the molecule is CCCOCCC(O)c1c(OC)cnn1CCC. The van der Waals surface area contributed by atoms with E-state index in [0.717, 1.165) is 31.7 Å². The average molecular weight is 256 g/mol. The Balaban J connectivity index is 2.63. The van der Waals surface area contributed by atoms with Crippen molar-refractivity contribution in [3.63, 3.8) is 0 Å². The minimum Gasteiger partial charge on any atom is -0.493 e. The molecule has 0 spiro atoms. The first-order chi connectivity index (χ1) is 8.74. The van der Waals surface area contributed by atoms with Gasteiger partial charge < -0.3 is 14.6 Å². The Morgan fingerprint density at radius 3 is 2.72 bits per heavy atom. The molecule has 1 aromatic rings. The summed E-state index contributed by atoms with van der Waals surface area (Å²) in [4.78, 5) is 0. The van der Waals surface area contributed by atoms with Gasteiger partial charge in [0.2, 0.25) is 0 Å². The van der Waals surface area contributed by atoms with E-state index in [9.17, 15) is 5.11 Å². The maximum atomic E-state index is 10.2. The molecule has 0 amide bonds. The summed E-state index contributed by atoms with van der Waals surface area (Å²) in [6.07, 6.45) is 3.59. The first-order valence-electron chi connectivity index (χ1n) is 6.60. The van der Waals surface area contributed by atoms with E-state index in [1.165, 1.54) is 0 Å². The molecule has 0 bridgehead atoms. The van der Waals surface area contributed by atoms with Crippen molar-refractivity contribution in [3.05, 3.63) is 11.9 Å². The highest BCUT2D eigenvalue weighted by Gasteiger charge is 2.19. The highest BCUT2D eigenvalue weighted by Crippen LogP contribution is 2.27. The Kier molecular flexibility index (Phi) is 6.75. The van der Waals surface area contributed by atoms with E-state index in [2.05, 4.69) is 18.9 Å². The number of aryl methyl sites for hydroxylation is 1. The molecule has 1 atom stereocenters. The van der Waals surface area contributed by atoms with Crippen molar-refractivity contribution in [2.45, 2.75) is 45.8 Å². The summed E-state index contributed by atoms with van der Waals surface area (Å²) in [7, 11) is 1.59. The van der Waals surface area contributed by atoms with Crippen LogP contribution in [0.3, 0.4) is 0 Å². The fraction of sp³-hybridized carbons (Fsp3) is 0.769. The van der Waals surface area contributed by atoms with Crippen LogP contribution < -0.4 is 4.74 Å². The summed E-state index contributed by atoms with van der Waals surface area (Å²) in [5.41, 5.74) is 0.749. The molecule has 18 heavy (non-hydrogen) atoms. The average Bonchev–Trinajstić information content (AvgIpc) is 2.78. The van der Waals surface area contributed by atoms with E-state index in [0.29, 0.717) is 18.8 Å². The lowest BCUT2D eigenvalue weighted by Crippen LogP contribution is -2.12. The third-order valence-electron chi connectivity index (χ3n) is 2.70. The highest BCUT2D eigenvalue weighted by atomic mass is 16.5. The fourth-order valence-corrected chi connectivity index (χ4v) is 1.84. The van der Waals surface area contributed by atoms with Crippen LogP contribution in [-0.2, 0) is 11.3 Å². The molecule has 1 rings (SSSR count). The predicted molar refractivity (Wildman–Crippen MR) is 69.8 cm³/mol. The van der Waals surface area contributed by atoms with Crippen LogP contribution in [0, 0.1) is 0 Å². The fourth-order valence-electron chi connectivity index (χ4n) is 1.84. The molecule has 0 radical (unpaired) electrons. The molecule has 0 aromatic carbocycles. The van der Waals surface area contributed by atoms with Gasteiger partial charge in [0, 0.05) is 26.2 Å². The lowest BCUT2D eigenvalue weighted by molar-refractivity contribution is 0.0768. The number of rotatable bonds is 9. The zero-order valence-corrected chi connectivity index (χ0v) is 11.6. The van der Waals surface area contributed by atoms with Crippen LogP contribution in [0.4, 0.5) is 0 Å². The van der Waals surface area contributed by atoms with Crippen LogP contribution in [0.2, 0.25) is 0 Å². The zero-order valence-electron chi connectivity index (χ0n) is 11.6. The first-order valence-corrected chi connectivity index (χ1v) is 6.60. The minimum absolute atomic E-state index is 0.551. The second-order valence-electron chi connectivity index (χ2n) is 4.24. The van der Waals surface area contributed by atoms with Crippen molar-refractivity contribution in [2.75, 3.05) is 20.3 Å². The number of aliphatic hydroxyl groups is 1. The number of ether oxygens (including phenoxy) is 2. The molecule has 1 N–H and O–H groups in total. The molecule has 1 unspecified atom stereocenters. The maximum absolute atomic E-state index is 10.2. The van der Waals surface area contributed by atoms with Gasteiger partial charge in [-0.25, -0.2) is 0 Å². The van der Waals surface area contributed by atoms with Gasteiger partial charge in [0.05, 0.1) is 13.3 Å². The van der Waals surface area contributed by atoms with E-state index in [1.54, 1.807) is 13.3 Å². The number of aromatic nitrogens is 2. The van der Waals surface area contributed by atoms with E-state index in [-0.39, 0.29) is 0 Å². The Bertz CT molecular complexity index is 339. The van der Waals surface area contributed by atoms with Gasteiger partial charge in [-0.05, 0) is 12.8 Å². The van der Waals surface area contributed by atoms with Crippen LogP contribution >= 0.6 is 0 Å². The van der Waals surface area contributed by atoms with E-state index in [4.69, 9.17) is 9.47 Å². The number of aliphatic hydroxyl groups excluding tert-OH is 1. The maximum Gasteiger partial charge on any atom is 0.162 e. The van der Waals surface area contributed by atoms with Crippen molar-refractivity contribution >= 4 is 0 Å². The molecule has 104 valence electrons. The van der Waals surface area contributed by atoms with Crippen molar-refractivity contribution in [1.82, 2.24) is 9.78 Å². The molecule has 1 heterocycles. The normalized spacial score (nSPS) is 12.7. The molecule has 5 nitrogen and oxygen atoms in total. The third kappa shape index (κ3) is 3.99. The topological polar surface area (TPSA) is 56.5 Å². The third-order valence-corrected chi connectivity index (χ3v) is 2.70. The van der Waals surface area contributed by atoms with Crippen molar-refractivity contribution in [1.29, 1.82) is 0 Å². The molecular weight excluding hydrogens is 232 g/mol. The molecular formula is C13H24N2O3. The quantitative estimate of drug-likeness (QED) is 0.688. The lowest BCUT2D eigenvalue weighted by atomic mass is 10.2. The molecule has 0 aliphatic rings. The summed E-state index contributed by atoms with van der Waals surface area (Å²) < 4.78 is 12.4. The van der Waals surface area contributed by atoms with Crippen LogP contribution in [-0.4, -0.2) is 35.2 Å². The molecule has 0 saturated heterocycles. The van der Waals surface area contributed by atoms with Gasteiger partial charge in [-0.15, -0.1) is 0 Å². The molecule has 0 saturated carbocycles. The molecule has 0 aliphatic heterocycles. The standard InChI is InChI=1S/C13H24N2O3/c1-4-7-15-13(12(17-3)10-14-15)11(16)6-9-18-8-5-2/h10-11,16H,4-9H2,1-3H3. The van der Waals surface area contributed by atoms with Gasteiger partial charge in [-0.2, -0.15) is 5.10 Å². The number of hydrogen-bond donors (Lipinski definition) is 1. The highest BCUT2D eigenvalue weighted by molar-refractivity contribution is 5.27. The summed E-state index contributed by atoms with van der Waals surface area (Å²) in [5, 5.41) is 14.4. The summed E-state index contributed by atoms with van der Waals surface area (Å²) in [6.45, 7) is 6.21. The molecule has 0 aliphatic carbocycles. The number of hydrogen-bond acceptors (Lipinski definition) is 4. The second kappa shape index (κ2) is 8.11. The van der Waals surface area contributed by atoms with Crippen molar-refractivity contribution in [2.24, 2.45) is 0 Å². The minimum atomic E-state index is -0.592. The van der Waals surface area contributed by atoms with Gasteiger partial charge in [0.25, 0.3) is 0 Å². The van der Waals surface area contributed by atoms with Gasteiger partial charge in [0.1, 0.15) is 11.8 Å². The van der Waals surface area contributed by atoms with Crippen LogP contribution in [0.15, 0.2) is 6.20 Å². The number of nitrogens with zero attached hydrogens (tertiary/aromatic N) is 2. The van der Waals surface area contributed by atoms with Crippen LogP contribution in [0.5, 0.6) is 5.75 Å². The Hall–Kier alpha value is -1.07. The molecule has 0 fully saturated rings. The van der Waals surface area contributed by atoms with Gasteiger partial charge >= 0.3 is 0 Å². The Morgan fingerprint density at radius 1 is 1.33 bits per heavy atom. The summed E-state index contributed by atoms with van der Waals surface area (Å²) in [5.74, 6) is 0.645. The Morgan fingerprint density at radius 2 is 2.11 bits per heavy atom. The van der Waals surface area contributed by atoms with Gasteiger partial charge in [0.15, 0.2) is 5.75 Å². The van der Waals surface area contributed by atoms with Crippen molar-refractivity contribution in [3.8, 4) is 5.75 Å². The Labute approximate surface area is 109 Å². The summed E-state index contributed by atoms with van der Waals surface area (Å²) >= 11 is 0. The largest absolute Gasteiger partial charge is 0.493 e. The first kappa shape index (κ1) is 15.0. The lowest BCUT2D eigenvalue weighted by Gasteiger charge is -2.14. The molecule has 5 heteroatoms. The number of methoxy groups -OCH3 is 1. The van der Waals surface area contributed by atoms with Crippen LogP contribution in [0.25, 0.3) is 0 Å².